The summed E-state index contributed by atoms with van der Waals surface area (Å²) < 4.78 is 11.7. The summed E-state index contributed by atoms with van der Waals surface area (Å²) in [5.74, 6) is 2.22. The highest BCUT2D eigenvalue weighted by Gasteiger charge is 2.18. The summed E-state index contributed by atoms with van der Waals surface area (Å²) in [4.78, 5) is 0. The Morgan fingerprint density at radius 2 is 1.90 bits per heavy atom. The lowest BCUT2D eigenvalue weighted by molar-refractivity contribution is 0.228. The summed E-state index contributed by atoms with van der Waals surface area (Å²) in [6.45, 7) is 9.13. The molecule has 1 heterocycles. The van der Waals surface area contributed by atoms with Crippen LogP contribution < -0.4 is 14.8 Å². The van der Waals surface area contributed by atoms with E-state index in [0.717, 1.165) is 37.7 Å². The molecule has 21 heavy (non-hydrogen) atoms. The van der Waals surface area contributed by atoms with E-state index < -0.39 is 0 Å². The fraction of sp³-hybridized carbons (Fsp3) is 0.667. The highest BCUT2D eigenvalue weighted by atomic mass is 16.5. The van der Waals surface area contributed by atoms with E-state index >= 15 is 0 Å². The van der Waals surface area contributed by atoms with Crippen LogP contribution in [-0.2, 0) is 0 Å². The third-order valence-corrected chi connectivity index (χ3v) is 3.90. The molecule has 0 spiro atoms. The Bertz CT molecular complexity index is 425. The van der Waals surface area contributed by atoms with Crippen LogP contribution >= 0.6 is 0 Å². The molecule has 2 rings (SSSR count). The van der Waals surface area contributed by atoms with Gasteiger partial charge in [-0.15, -0.1) is 0 Å². The van der Waals surface area contributed by atoms with Gasteiger partial charge in [-0.05, 0) is 37.1 Å². The highest BCUT2D eigenvalue weighted by Crippen LogP contribution is 2.34. The van der Waals surface area contributed by atoms with Crippen molar-refractivity contribution in [2.75, 3.05) is 19.8 Å². The minimum Gasteiger partial charge on any atom is -0.489 e. The molecule has 2 atom stereocenters. The number of fused-ring (bicyclic) bond motifs is 1. The van der Waals surface area contributed by atoms with Crippen LogP contribution in [0.1, 0.15) is 58.1 Å². The minimum atomic E-state index is 0.416. The monoisotopic (exact) mass is 291 g/mol. The van der Waals surface area contributed by atoms with Gasteiger partial charge in [-0.25, -0.2) is 0 Å². The first-order valence-electron chi connectivity index (χ1n) is 8.37. The van der Waals surface area contributed by atoms with Crippen molar-refractivity contribution in [2.45, 2.75) is 52.5 Å². The molecule has 3 nitrogen and oxygen atoms in total. The molecule has 1 aliphatic rings. The van der Waals surface area contributed by atoms with Gasteiger partial charge in [0.2, 0.25) is 0 Å². The maximum absolute atomic E-state index is 5.91. The zero-order valence-corrected chi connectivity index (χ0v) is 13.7. The molecule has 1 aliphatic heterocycles. The summed E-state index contributed by atoms with van der Waals surface area (Å²) in [6, 6.07) is 6.83. The second-order valence-electron chi connectivity index (χ2n) is 6.08. The Balaban J connectivity index is 2.13. The van der Waals surface area contributed by atoms with Crippen LogP contribution in [0, 0.1) is 5.92 Å². The lowest BCUT2D eigenvalue weighted by Gasteiger charge is -2.20. The third-order valence-electron chi connectivity index (χ3n) is 3.90. The number of ether oxygens (including phenoxy) is 2. The smallest absolute Gasteiger partial charge is 0.161 e. The topological polar surface area (TPSA) is 30.5 Å². The Morgan fingerprint density at radius 3 is 2.62 bits per heavy atom. The van der Waals surface area contributed by atoms with Crippen LogP contribution in [0.15, 0.2) is 18.2 Å². The lowest BCUT2D eigenvalue weighted by atomic mass is 10.0. The molecule has 0 saturated carbocycles. The van der Waals surface area contributed by atoms with E-state index in [1.165, 1.54) is 24.8 Å². The number of hydrogen-bond donors (Lipinski definition) is 1. The Hall–Kier alpha value is -1.22. The maximum atomic E-state index is 5.91. The average molecular weight is 291 g/mol. The van der Waals surface area contributed by atoms with E-state index in [0.29, 0.717) is 12.0 Å². The van der Waals surface area contributed by atoms with Gasteiger partial charge in [0, 0.05) is 12.0 Å². The van der Waals surface area contributed by atoms with Gasteiger partial charge < -0.3 is 14.8 Å². The van der Waals surface area contributed by atoms with Crippen LogP contribution in [0.4, 0.5) is 0 Å². The maximum Gasteiger partial charge on any atom is 0.161 e. The number of hydrogen-bond acceptors (Lipinski definition) is 3. The molecule has 1 aromatic carbocycles. The van der Waals surface area contributed by atoms with Crippen molar-refractivity contribution >= 4 is 0 Å². The van der Waals surface area contributed by atoms with Gasteiger partial charge in [-0.3, -0.25) is 0 Å². The molecule has 0 aromatic heterocycles. The van der Waals surface area contributed by atoms with Gasteiger partial charge in [0.05, 0.1) is 13.2 Å². The predicted molar refractivity (Wildman–Crippen MR) is 87.2 cm³/mol. The van der Waals surface area contributed by atoms with E-state index in [-0.39, 0.29) is 0 Å². The largest absolute Gasteiger partial charge is 0.489 e. The van der Waals surface area contributed by atoms with Gasteiger partial charge in [-0.2, -0.15) is 0 Å². The molecule has 0 bridgehead atoms. The predicted octanol–water partition coefficient (Wildman–Crippen LogP) is 4.32. The molecular formula is C18H29NO2. The van der Waals surface area contributed by atoms with Gasteiger partial charge in [0.25, 0.3) is 0 Å². The van der Waals surface area contributed by atoms with Crippen molar-refractivity contribution in [1.82, 2.24) is 5.32 Å². The molecular weight excluding hydrogens is 262 g/mol. The number of nitrogens with one attached hydrogen (secondary N) is 1. The summed E-state index contributed by atoms with van der Waals surface area (Å²) in [5.41, 5.74) is 1.31. The van der Waals surface area contributed by atoms with Crippen molar-refractivity contribution in [3.63, 3.8) is 0 Å². The SMILES string of the molecule is CCCCC(NCCC)c1ccc2c(c1)OCC(C)CO2. The number of benzene rings is 1. The molecule has 1 aromatic rings. The van der Waals surface area contributed by atoms with E-state index in [1.807, 2.05) is 0 Å². The second kappa shape index (κ2) is 8.28. The lowest BCUT2D eigenvalue weighted by Crippen LogP contribution is -2.22. The van der Waals surface area contributed by atoms with Crippen LogP contribution in [0.2, 0.25) is 0 Å². The van der Waals surface area contributed by atoms with Gasteiger partial charge in [0.15, 0.2) is 11.5 Å². The Labute approximate surface area is 129 Å². The first-order valence-corrected chi connectivity index (χ1v) is 8.37. The average Bonchev–Trinajstić information content (AvgIpc) is 2.69. The summed E-state index contributed by atoms with van der Waals surface area (Å²) >= 11 is 0. The Morgan fingerprint density at radius 1 is 1.14 bits per heavy atom. The van der Waals surface area contributed by atoms with E-state index in [1.54, 1.807) is 0 Å². The third kappa shape index (κ3) is 4.63. The molecule has 0 fully saturated rings. The molecule has 1 N–H and O–H groups in total. The minimum absolute atomic E-state index is 0.416. The molecule has 3 heteroatoms. The molecule has 0 amide bonds. The molecule has 118 valence electrons. The van der Waals surface area contributed by atoms with Gasteiger partial charge >= 0.3 is 0 Å². The fourth-order valence-electron chi connectivity index (χ4n) is 2.60. The first kappa shape index (κ1) is 16.2. The van der Waals surface area contributed by atoms with Gasteiger partial charge in [-0.1, -0.05) is 39.7 Å². The summed E-state index contributed by atoms with van der Waals surface area (Å²) in [7, 11) is 0. The molecule has 0 aliphatic carbocycles. The quantitative estimate of drug-likeness (QED) is 0.811. The normalized spacial score (nSPS) is 19.1. The van der Waals surface area contributed by atoms with Crippen molar-refractivity contribution in [3.8, 4) is 11.5 Å². The molecule has 0 saturated heterocycles. The van der Waals surface area contributed by atoms with Crippen LogP contribution in [-0.4, -0.2) is 19.8 Å². The fourth-order valence-corrected chi connectivity index (χ4v) is 2.60. The molecule has 0 radical (unpaired) electrons. The number of rotatable bonds is 7. The Kier molecular flexibility index (Phi) is 6.37. The van der Waals surface area contributed by atoms with Crippen LogP contribution in [0.3, 0.4) is 0 Å². The van der Waals surface area contributed by atoms with Crippen molar-refractivity contribution in [1.29, 1.82) is 0 Å². The standard InChI is InChI=1S/C18H29NO2/c1-4-6-7-16(19-10-5-2)15-8-9-17-18(11-15)21-13-14(3)12-20-17/h8-9,11,14,16,19H,4-7,10,12-13H2,1-3H3. The summed E-state index contributed by atoms with van der Waals surface area (Å²) in [5, 5.41) is 3.66. The zero-order valence-electron chi connectivity index (χ0n) is 13.7. The van der Waals surface area contributed by atoms with Crippen LogP contribution in [0.5, 0.6) is 11.5 Å². The zero-order chi connectivity index (χ0) is 15.1. The van der Waals surface area contributed by atoms with Crippen molar-refractivity contribution in [3.05, 3.63) is 23.8 Å². The van der Waals surface area contributed by atoms with E-state index in [9.17, 15) is 0 Å². The van der Waals surface area contributed by atoms with E-state index in [2.05, 4.69) is 44.3 Å². The highest BCUT2D eigenvalue weighted by molar-refractivity contribution is 5.44. The second-order valence-corrected chi connectivity index (χ2v) is 6.08. The van der Waals surface area contributed by atoms with Gasteiger partial charge in [0.1, 0.15) is 0 Å². The van der Waals surface area contributed by atoms with Crippen molar-refractivity contribution in [2.24, 2.45) is 5.92 Å². The van der Waals surface area contributed by atoms with E-state index in [4.69, 9.17) is 9.47 Å². The molecule has 2 unspecified atom stereocenters. The summed E-state index contributed by atoms with van der Waals surface area (Å²) in [6.07, 6.45) is 4.80. The first-order chi connectivity index (χ1) is 10.2. The number of unbranched alkanes of at least 4 members (excludes halogenated alkanes) is 1. The van der Waals surface area contributed by atoms with Crippen molar-refractivity contribution < 1.29 is 9.47 Å². The van der Waals surface area contributed by atoms with Crippen LogP contribution in [0.25, 0.3) is 0 Å².